The topological polar surface area (TPSA) is 106 Å². The largest absolute Gasteiger partial charge is 0.482 e. The number of halogens is 3. The minimum atomic E-state index is -0.542. The van der Waals surface area contributed by atoms with Gasteiger partial charge in [0.2, 0.25) is 5.82 Å². The molecule has 1 heterocycles. The second-order valence-corrected chi connectivity index (χ2v) is 7.61. The number of benzene rings is 2. The van der Waals surface area contributed by atoms with Crippen LogP contribution in [0, 0.1) is 6.92 Å². The molecule has 1 aromatic heterocycles. The maximum atomic E-state index is 12.1. The van der Waals surface area contributed by atoms with Crippen molar-refractivity contribution < 1.29 is 18.8 Å². The Morgan fingerprint density at radius 3 is 2.55 bits per heavy atom. The van der Waals surface area contributed by atoms with Crippen molar-refractivity contribution in [2.45, 2.75) is 6.92 Å². The van der Waals surface area contributed by atoms with Gasteiger partial charge in [0.05, 0.1) is 15.1 Å². The highest BCUT2D eigenvalue weighted by Gasteiger charge is 2.16. The number of hydrogen-bond acceptors (Lipinski definition) is 6. The number of amides is 2. The Morgan fingerprint density at radius 2 is 1.77 bits per heavy atom. The number of carbonyl (C=O) groups is 2. The van der Waals surface area contributed by atoms with E-state index < -0.39 is 11.8 Å². The maximum Gasteiger partial charge on any atom is 0.316 e. The van der Waals surface area contributed by atoms with Gasteiger partial charge < -0.3 is 19.9 Å². The lowest BCUT2D eigenvalue weighted by Crippen LogP contribution is -2.36. The van der Waals surface area contributed by atoms with Crippen molar-refractivity contribution in [1.82, 2.24) is 20.8 Å². The van der Waals surface area contributed by atoms with Crippen LogP contribution in [0.3, 0.4) is 0 Å². The fourth-order valence-corrected chi connectivity index (χ4v) is 3.07. The molecule has 3 aromatic rings. The average Bonchev–Trinajstić information content (AvgIpc) is 3.23. The van der Waals surface area contributed by atoms with Gasteiger partial charge in [-0.05, 0) is 19.1 Å². The summed E-state index contributed by atoms with van der Waals surface area (Å²) in [6.07, 6.45) is 0. The molecule has 0 saturated heterocycles. The SMILES string of the molecule is Cc1cccc(-c2noc(C(=O)NCCNC(=O)COc3cc(Cl)c(Cl)cc3Cl)n2)c1. The predicted octanol–water partition coefficient (Wildman–Crippen LogP) is 3.93. The molecular weight excluding hydrogens is 467 g/mol. The van der Waals surface area contributed by atoms with E-state index in [1.165, 1.54) is 12.1 Å². The summed E-state index contributed by atoms with van der Waals surface area (Å²) in [7, 11) is 0. The molecule has 0 aliphatic rings. The van der Waals surface area contributed by atoms with E-state index in [0.717, 1.165) is 11.1 Å². The molecule has 162 valence electrons. The Bertz CT molecular complexity index is 1100. The summed E-state index contributed by atoms with van der Waals surface area (Å²) >= 11 is 17.7. The third-order valence-corrected chi connectivity index (χ3v) is 4.98. The summed E-state index contributed by atoms with van der Waals surface area (Å²) in [5.74, 6) is -0.559. The maximum absolute atomic E-state index is 12.1. The summed E-state index contributed by atoms with van der Waals surface area (Å²) in [5, 5.41) is 9.77. The molecule has 0 saturated carbocycles. The fraction of sp³-hybridized carbons (Fsp3) is 0.200. The highest BCUT2D eigenvalue weighted by Crippen LogP contribution is 2.33. The number of ether oxygens (including phenoxy) is 1. The van der Waals surface area contributed by atoms with Gasteiger partial charge in [0.1, 0.15) is 5.75 Å². The second-order valence-electron chi connectivity index (χ2n) is 6.38. The van der Waals surface area contributed by atoms with Gasteiger partial charge in [0, 0.05) is 24.7 Å². The van der Waals surface area contributed by atoms with Crippen LogP contribution >= 0.6 is 34.8 Å². The van der Waals surface area contributed by atoms with Crippen molar-refractivity contribution in [3.8, 4) is 17.1 Å². The van der Waals surface area contributed by atoms with Crippen LogP contribution in [-0.2, 0) is 4.79 Å². The van der Waals surface area contributed by atoms with Crippen LogP contribution in [0.1, 0.15) is 16.2 Å². The molecule has 31 heavy (non-hydrogen) atoms. The van der Waals surface area contributed by atoms with Crippen LogP contribution in [0.4, 0.5) is 0 Å². The third kappa shape index (κ3) is 6.33. The number of rotatable bonds is 8. The Morgan fingerprint density at radius 1 is 1.03 bits per heavy atom. The molecule has 11 heteroatoms. The summed E-state index contributed by atoms with van der Waals surface area (Å²) in [6, 6.07) is 10.4. The zero-order valence-electron chi connectivity index (χ0n) is 16.2. The molecule has 0 spiro atoms. The molecule has 8 nitrogen and oxygen atoms in total. The zero-order chi connectivity index (χ0) is 22.4. The average molecular weight is 484 g/mol. The highest BCUT2D eigenvalue weighted by atomic mass is 35.5. The van der Waals surface area contributed by atoms with Crippen molar-refractivity contribution in [3.63, 3.8) is 0 Å². The van der Waals surface area contributed by atoms with Gasteiger partial charge in [-0.25, -0.2) is 0 Å². The molecular formula is C20H17Cl3N4O4. The second kappa shape index (κ2) is 10.5. The van der Waals surface area contributed by atoms with Gasteiger partial charge in [-0.15, -0.1) is 0 Å². The van der Waals surface area contributed by atoms with Crippen LogP contribution in [0.25, 0.3) is 11.4 Å². The first-order valence-corrected chi connectivity index (χ1v) is 10.2. The first-order chi connectivity index (χ1) is 14.8. The molecule has 2 N–H and O–H groups in total. The van der Waals surface area contributed by atoms with Crippen LogP contribution in [0.2, 0.25) is 15.1 Å². The Kier molecular flexibility index (Phi) is 7.73. The van der Waals surface area contributed by atoms with Gasteiger partial charge in [0.25, 0.3) is 5.91 Å². The van der Waals surface area contributed by atoms with Crippen molar-refractivity contribution in [2.24, 2.45) is 0 Å². The van der Waals surface area contributed by atoms with Gasteiger partial charge in [-0.1, -0.05) is 63.7 Å². The van der Waals surface area contributed by atoms with Crippen LogP contribution in [0.5, 0.6) is 5.75 Å². The Labute approximate surface area is 192 Å². The number of aromatic nitrogens is 2. The van der Waals surface area contributed by atoms with Crippen LogP contribution in [0.15, 0.2) is 40.9 Å². The Balaban J connectivity index is 1.41. The van der Waals surface area contributed by atoms with Crippen molar-refractivity contribution in [1.29, 1.82) is 0 Å². The predicted molar refractivity (Wildman–Crippen MR) is 117 cm³/mol. The fourth-order valence-electron chi connectivity index (χ4n) is 2.48. The smallest absolute Gasteiger partial charge is 0.316 e. The van der Waals surface area contributed by atoms with E-state index in [2.05, 4.69) is 20.8 Å². The first-order valence-electron chi connectivity index (χ1n) is 9.06. The number of carbonyl (C=O) groups excluding carboxylic acids is 2. The number of nitrogens with one attached hydrogen (secondary N) is 2. The van der Waals surface area contributed by atoms with Gasteiger partial charge >= 0.3 is 11.8 Å². The van der Waals surface area contributed by atoms with E-state index in [1.54, 1.807) is 0 Å². The summed E-state index contributed by atoms with van der Waals surface area (Å²) in [6.45, 7) is 1.98. The summed E-state index contributed by atoms with van der Waals surface area (Å²) in [4.78, 5) is 28.1. The van der Waals surface area contributed by atoms with Gasteiger partial charge in [-0.2, -0.15) is 4.98 Å². The molecule has 2 aromatic carbocycles. The number of aryl methyl sites for hydroxylation is 1. The molecule has 3 rings (SSSR count). The lowest BCUT2D eigenvalue weighted by molar-refractivity contribution is -0.123. The summed E-state index contributed by atoms with van der Waals surface area (Å²) in [5.41, 5.74) is 1.78. The minimum absolute atomic E-state index is 0.153. The van der Waals surface area contributed by atoms with E-state index in [1.807, 2.05) is 31.2 Å². The molecule has 0 atom stereocenters. The zero-order valence-corrected chi connectivity index (χ0v) is 18.5. The van der Waals surface area contributed by atoms with Gasteiger partial charge in [-0.3, -0.25) is 9.59 Å². The Hall–Kier alpha value is -2.81. The lowest BCUT2D eigenvalue weighted by Gasteiger charge is -2.10. The number of nitrogens with zero attached hydrogens (tertiary/aromatic N) is 2. The van der Waals surface area contributed by atoms with E-state index in [-0.39, 0.29) is 46.4 Å². The molecule has 0 aliphatic carbocycles. The van der Waals surface area contributed by atoms with Crippen molar-refractivity contribution in [2.75, 3.05) is 19.7 Å². The molecule has 2 amide bonds. The van der Waals surface area contributed by atoms with E-state index in [0.29, 0.717) is 5.82 Å². The lowest BCUT2D eigenvalue weighted by atomic mass is 10.1. The van der Waals surface area contributed by atoms with Crippen LogP contribution in [-0.4, -0.2) is 41.7 Å². The molecule has 0 fully saturated rings. The van der Waals surface area contributed by atoms with E-state index in [4.69, 9.17) is 44.1 Å². The minimum Gasteiger partial charge on any atom is -0.482 e. The monoisotopic (exact) mass is 482 g/mol. The molecule has 0 radical (unpaired) electrons. The quantitative estimate of drug-likeness (QED) is 0.371. The first kappa shape index (κ1) is 22.9. The molecule has 0 bridgehead atoms. The number of hydrogen-bond donors (Lipinski definition) is 2. The van der Waals surface area contributed by atoms with E-state index in [9.17, 15) is 9.59 Å². The van der Waals surface area contributed by atoms with Crippen molar-refractivity contribution >= 4 is 46.6 Å². The standard InChI is InChI=1S/C20H17Cl3N4O4/c1-11-3-2-4-12(7-11)18-26-20(31-27-18)19(29)25-6-5-24-17(28)10-30-16-9-14(22)13(21)8-15(16)23/h2-4,7-9H,5-6,10H2,1H3,(H,24,28)(H,25,29). The van der Waals surface area contributed by atoms with Crippen LogP contribution < -0.4 is 15.4 Å². The summed E-state index contributed by atoms with van der Waals surface area (Å²) < 4.78 is 10.3. The van der Waals surface area contributed by atoms with Gasteiger partial charge in [0.15, 0.2) is 6.61 Å². The third-order valence-electron chi connectivity index (χ3n) is 3.96. The normalized spacial score (nSPS) is 10.6. The van der Waals surface area contributed by atoms with Crippen molar-refractivity contribution in [3.05, 3.63) is 62.9 Å². The molecule has 0 aliphatic heterocycles. The molecule has 0 unspecified atom stereocenters. The van der Waals surface area contributed by atoms with E-state index >= 15 is 0 Å². The highest BCUT2D eigenvalue weighted by molar-refractivity contribution is 6.43.